The molecule has 1 rings (SSSR count). The molecular weight excluding hydrogens is 160 g/mol. The minimum atomic E-state index is -0.464. The number of esters is 1. The summed E-state index contributed by atoms with van der Waals surface area (Å²) in [6, 6.07) is 2.87. The molecule has 12 heavy (non-hydrogen) atoms. The van der Waals surface area contributed by atoms with E-state index in [2.05, 4.69) is 9.72 Å². The molecule has 1 heterocycles. The standard InChI is InChI=1S/C7H8N2O3/c1-12-7(10)5-2-3-8-6(4-5)9-11/h2-4,11H,1H3,(H,8,9). The van der Waals surface area contributed by atoms with Crippen molar-refractivity contribution in [3.63, 3.8) is 0 Å². The van der Waals surface area contributed by atoms with Gasteiger partial charge in [-0.1, -0.05) is 0 Å². The number of ether oxygens (including phenoxy) is 1. The number of nitrogens with one attached hydrogen (secondary N) is 1. The number of pyridine rings is 1. The van der Waals surface area contributed by atoms with Crippen LogP contribution in [0.2, 0.25) is 0 Å². The fourth-order valence-corrected chi connectivity index (χ4v) is 0.737. The van der Waals surface area contributed by atoms with Crippen LogP contribution in [0.15, 0.2) is 18.3 Å². The van der Waals surface area contributed by atoms with Gasteiger partial charge in [-0.05, 0) is 12.1 Å². The zero-order valence-electron chi connectivity index (χ0n) is 6.44. The van der Waals surface area contributed by atoms with Crippen molar-refractivity contribution in [3.8, 4) is 0 Å². The maximum absolute atomic E-state index is 10.9. The quantitative estimate of drug-likeness (QED) is 0.501. The summed E-state index contributed by atoms with van der Waals surface area (Å²) in [7, 11) is 1.29. The van der Waals surface area contributed by atoms with Gasteiger partial charge in [0.25, 0.3) is 0 Å². The van der Waals surface area contributed by atoms with Gasteiger partial charge in [0.15, 0.2) is 0 Å². The average molecular weight is 168 g/mol. The summed E-state index contributed by atoms with van der Waals surface area (Å²) in [6.45, 7) is 0. The molecule has 0 saturated carbocycles. The first-order chi connectivity index (χ1) is 5.77. The van der Waals surface area contributed by atoms with Crippen LogP contribution in [0.25, 0.3) is 0 Å². The first kappa shape index (κ1) is 8.48. The number of methoxy groups -OCH3 is 1. The van der Waals surface area contributed by atoms with Crippen molar-refractivity contribution < 1.29 is 14.7 Å². The summed E-state index contributed by atoms with van der Waals surface area (Å²) in [6.07, 6.45) is 1.39. The van der Waals surface area contributed by atoms with Crippen molar-refractivity contribution in [2.75, 3.05) is 12.6 Å². The van der Waals surface area contributed by atoms with E-state index < -0.39 is 5.97 Å². The highest BCUT2D eigenvalue weighted by Gasteiger charge is 2.05. The molecule has 0 aliphatic rings. The van der Waals surface area contributed by atoms with Crippen LogP contribution in [0.4, 0.5) is 5.82 Å². The average Bonchev–Trinajstić information content (AvgIpc) is 2.17. The van der Waals surface area contributed by atoms with Crippen molar-refractivity contribution in [3.05, 3.63) is 23.9 Å². The Morgan fingerprint density at radius 1 is 1.75 bits per heavy atom. The molecule has 0 saturated heterocycles. The van der Waals surface area contributed by atoms with Gasteiger partial charge in [0.2, 0.25) is 0 Å². The van der Waals surface area contributed by atoms with Crippen LogP contribution in [0.1, 0.15) is 10.4 Å². The largest absolute Gasteiger partial charge is 0.465 e. The van der Waals surface area contributed by atoms with E-state index in [1.165, 1.54) is 25.4 Å². The number of carbonyl (C=O) groups excluding carboxylic acids is 1. The molecule has 0 aliphatic heterocycles. The van der Waals surface area contributed by atoms with E-state index in [1.54, 1.807) is 0 Å². The van der Waals surface area contributed by atoms with Gasteiger partial charge in [-0.2, -0.15) is 0 Å². The lowest BCUT2D eigenvalue weighted by molar-refractivity contribution is 0.0600. The van der Waals surface area contributed by atoms with E-state index in [9.17, 15) is 4.79 Å². The number of aromatic nitrogens is 1. The monoisotopic (exact) mass is 168 g/mol. The molecule has 0 unspecified atom stereocenters. The predicted molar refractivity (Wildman–Crippen MR) is 41.0 cm³/mol. The number of hydrogen-bond acceptors (Lipinski definition) is 5. The van der Waals surface area contributed by atoms with Crippen molar-refractivity contribution >= 4 is 11.8 Å². The SMILES string of the molecule is COC(=O)c1ccnc(NO)c1. The Labute approximate surface area is 69.0 Å². The molecule has 5 heteroatoms. The second kappa shape index (κ2) is 3.68. The molecule has 0 fully saturated rings. The topological polar surface area (TPSA) is 71.5 Å². The maximum Gasteiger partial charge on any atom is 0.338 e. The van der Waals surface area contributed by atoms with E-state index in [1.807, 2.05) is 5.48 Å². The first-order valence-corrected chi connectivity index (χ1v) is 3.22. The van der Waals surface area contributed by atoms with E-state index in [-0.39, 0.29) is 5.82 Å². The zero-order chi connectivity index (χ0) is 8.97. The predicted octanol–water partition coefficient (Wildman–Crippen LogP) is 0.669. The maximum atomic E-state index is 10.9. The highest BCUT2D eigenvalue weighted by Crippen LogP contribution is 2.06. The summed E-state index contributed by atoms with van der Waals surface area (Å²) in [5.74, 6) is -0.258. The summed E-state index contributed by atoms with van der Waals surface area (Å²) in [5, 5.41) is 8.45. The minimum Gasteiger partial charge on any atom is -0.465 e. The molecule has 0 spiro atoms. The van der Waals surface area contributed by atoms with Crippen LogP contribution in [0, 0.1) is 0 Å². The summed E-state index contributed by atoms with van der Waals surface area (Å²) in [4.78, 5) is 14.6. The van der Waals surface area contributed by atoms with Crippen molar-refractivity contribution in [2.45, 2.75) is 0 Å². The van der Waals surface area contributed by atoms with Crippen LogP contribution in [0.5, 0.6) is 0 Å². The summed E-state index contributed by atoms with van der Waals surface area (Å²) < 4.78 is 4.46. The van der Waals surface area contributed by atoms with Crippen molar-refractivity contribution in [2.24, 2.45) is 0 Å². The lowest BCUT2D eigenvalue weighted by Crippen LogP contribution is -2.02. The molecule has 0 amide bonds. The highest BCUT2D eigenvalue weighted by molar-refractivity contribution is 5.89. The van der Waals surface area contributed by atoms with Crippen LogP contribution in [0.3, 0.4) is 0 Å². The smallest absolute Gasteiger partial charge is 0.338 e. The number of nitrogens with zero attached hydrogens (tertiary/aromatic N) is 1. The lowest BCUT2D eigenvalue weighted by Gasteiger charge is -2.00. The normalized spacial score (nSPS) is 9.17. The van der Waals surface area contributed by atoms with Crippen LogP contribution in [-0.4, -0.2) is 23.3 Å². The van der Waals surface area contributed by atoms with Crippen LogP contribution >= 0.6 is 0 Å². The Bertz CT molecular complexity index is 288. The van der Waals surface area contributed by atoms with Gasteiger partial charge < -0.3 is 4.74 Å². The van der Waals surface area contributed by atoms with Crippen LogP contribution < -0.4 is 5.48 Å². The first-order valence-electron chi connectivity index (χ1n) is 3.22. The van der Waals surface area contributed by atoms with E-state index in [0.29, 0.717) is 5.56 Å². The van der Waals surface area contributed by atoms with Gasteiger partial charge in [-0.25, -0.2) is 9.78 Å². The third kappa shape index (κ3) is 1.70. The summed E-state index contributed by atoms with van der Waals surface area (Å²) >= 11 is 0. The summed E-state index contributed by atoms with van der Waals surface area (Å²) in [5.41, 5.74) is 2.16. The van der Waals surface area contributed by atoms with Crippen molar-refractivity contribution in [1.29, 1.82) is 0 Å². The lowest BCUT2D eigenvalue weighted by atomic mass is 10.3. The number of carbonyl (C=O) groups is 1. The third-order valence-corrected chi connectivity index (χ3v) is 1.30. The second-order valence-corrected chi connectivity index (χ2v) is 2.03. The Morgan fingerprint density at radius 2 is 2.50 bits per heavy atom. The van der Waals surface area contributed by atoms with Crippen LogP contribution in [-0.2, 0) is 4.74 Å². The Kier molecular flexibility index (Phi) is 2.60. The molecule has 0 aromatic carbocycles. The fraction of sp³-hybridized carbons (Fsp3) is 0.143. The Morgan fingerprint density at radius 3 is 3.08 bits per heavy atom. The molecule has 0 atom stereocenters. The molecule has 0 radical (unpaired) electrons. The number of hydrogen-bond donors (Lipinski definition) is 2. The molecular formula is C7H8N2O3. The van der Waals surface area contributed by atoms with Gasteiger partial charge in [0.1, 0.15) is 5.82 Å². The van der Waals surface area contributed by atoms with E-state index in [4.69, 9.17) is 5.21 Å². The molecule has 0 aliphatic carbocycles. The van der Waals surface area contributed by atoms with Gasteiger partial charge >= 0.3 is 5.97 Å². The third-order valence-electron chi connectivity index (χ3n) is 1.30. The van der Waals surface area contributed by atoms with Gasteiger partial charge in [-0.3, -0.25) is 10.7 Å². The molecule has 1 aromatic rings. The van der Waals surface area contributed by atoms with Gasteiger partial charge in [0.05, 0.1) is 12.7 Å². The molecule has 5 nitrogen and oxygen atoms in total. The number of anilines is 1. The van der Waals surface area contributed by atoms with Gasteiger partial charge in [0, 0.05) is 6.20 Å². The van der Waals surface area contributed by atoms with E-state index in [0.717, 1.165) is 0 Å². The molecule has 64 valence electrons. The van der Waals surface area contributed by atoms with Gasteiger partial charge in [-0.15, -0.1) is 0 Å². The zero-order valence-corrected chi connectivity index (χ0v) is 6.44. The minimum absolute atomic E-state index is 0.206. The molecule has 1 aromatic heterocycles. The van der Waals surface area contributed by atoms with Crippen molar-refractivity contribution in [1.82, 2.24) is 4.98 Å². The second-order valence-electron chi connectivity index (χ2n) is 2.03. The fourth-order valence-electron chi connectivity index (χ4n) is 0.737. The molecule has 0 bridgehead atoms. The Hall–Kier alpha value is -1.62. The molecule has 2 N–H and O–H groups in total. The number of rotatable bonds is 2. The highest BCUT2D eigenvalue weighted by atomic mass is 16.5. The Balaban J connectivity index is 2.93. The van der Waals surface area contributed by atoms with E-state index >= 15 is 0 Å².